The number of rotatable bonds is 0. The van der Waals surface area contributed by atoms with Crippen molar-refractivity contribution in [1.29, 1.82) is 0 Å². The van der Waals surface area contributed by atoms with Crippen molar-refractivity contribution in [3.05, 3.63) is 23.5 Å². The van der Waals surface area contributed by atoms with Crippen molar-refractivity contribution in [3.63, 3.8) is 0 Å². The fourth-order valence-corrected chi connectivity index (χ4v) is 1.67. The van der Waals surface area contributed by atoms with Crippen LogP contribution in [0.25, 0.3) is 11.0 Å². The predicted molar refractivity (Wildman–Crippen MR) is 55.5 cm³/mol. The van der Waals surface area contributed by atoms with Gasteiger partial charge in [0.2, 0.25) is 0 Å². The van der Waals surface area contributed by atoms with Crippen LogP contribution in [0, 0.1) is 0 Å². The Hall–Kier alpha value is -1.55. The molecule has 1 aliphatic rings. The highest BCUT2D eigenvalue weighted by molar-refractivity contribution is 6.29. The molecule has 2 aromatic rings. The number of hydrogen-bond donors (Lipinski definition) is 0. The van der Waals surface area contributed by atoms with E-state index < -0.39 is 0 Å². The fraction of sp³-hybridized carbons (Fsp3) is 0.200. The number of fused-ring (bicyclic) bond motifs is 2. The Morgan fingerprint density at radius 3 is 2.47 bits per heavy atom. The SMILES string of the molecule is Clc1cnc2cc3c(cc2n1)OCCO3. The molecule has 0 amide bonds. The third kappa shape index (κ3) is 1.47. The molecule has 4 nitrogen and oxygen atoms in total. The van der Waals surface area contributed by atoms with Crippen molar-refractivity contribution in [2.45, 2.75) is 0 Å². The van der Waals surface area contributed by atoms with Crippen molar-refractivity contribution < 1.29 is 9.47 Å². The smallest absolute Gasteiger partial charge is 0.163 e. The first-order valence-corrected chi connectivity index (χ1v) is 4.92. The van der Waals surface area contributed by atoms with E-state index in [-0.39, 0.29) is 0 Å². The zero-order valence-corrected chi connectivity index (χ0v) is 8.49. The number of benzene rings is 1. The lowest BCUT2D eigenvalue weighted by molar-refractivity contribution is 0.172. The maximum atomic E-state index is 5.76. The van der Waals surface area contributed by atoms with Gasteiger partial charge < -0.3 is 9.47 Å². The second-order valence-corrected chi connectivity index (χ2v) is 3.56. The molecule has 0 atom stereocenters. The molecule has 76 valence electrons. The van der Waals surface area contributed by atoms with Crippen LogP contribution >= 0.6 is 11.6 Å². The van der Waals surface area contributed by atoms with Crippen LogP contribution in [0.15, 0.2) is 18.3 Å². The van der Waals surface area contributed by atoms with E-state index in [1.165, 1.54) is 6.20 Å². The highest BCUT2D eigenvalue weighted by Crippen LogP contribution is 2.33. The molecular formula is C10H7ClN2O2. The second kappa shape index (κ2) is 3.24. The largest absolute Gasteiger partial charge is 0.486 e. The third-order valence-corrected chi connectivity index (χ3v) is 2.36. The highest BCUT2D eigenvalue weighted by Gasteiger charge is 2.13. The van der Waals surface area contributed by atoms with Crippen LogP contribution in [0.4, 0.5) is 0 Å². The number of ether oxygens (including phenoxy) is 2. The Bertz CT molecular complexity index is 530. The van der Waals surface area contributed by atoms with Crippen molar-refractivity contribution in [1.82, 2.24) is 9.97 Å². The van der Waals surface area contributed by atoms with E-state index >= 15 is 0 Å². The fourth-order valence-electron chi connectivity index (χ4n) is 1.53. The summed E-state index contributed by atoms with van der Waals surface area (Å²) in [6, 6.07) is 3.61. The van der Waals surface area contributed by atoms with Gasteiger partial charge in [0.05, 0.1) is 17.2 Å². The molecule has 0 saturated heterocycles. The van der Waals surface area contributed by atoms with Gasteiger partial charge in [0, 0.05) is 12.1 Å². The van der Waals surface area contributed by atoms with Gasteiger partial charge in [-0.05, 0) is 0 Å². The first kappa shape index (κ1) is 8.73. The van der Waals surface area contributed by atoms with Crippen LogP contribution < -0.4 is 9.47 Å². The van der Waals surface area contributed by atoms with Gasteiger partial charge in [-0.2, -0.15) is 0 Å². The standard InChI is InChI=1S/C10H7ClN2O2/c11-10-5-12-6-3-8-9(4-7(6)13-10)15-2-1-14-8/h3-5H,1-2H2. The number of aromatic nitrogens is 2. The summed E-state index contributed by atoms with van der Waals surface area (Å²) in [7, 11) is 0. The number of nitrogens with zero attached hydrogens (tertiary/aromatic N) is 2. The number of halogens is 1. The second-order valence-electron chi connectivity index (χ2n) is 3.18. The van der Waals surface area contributed by atoms with Crippen molar-refractivity contribution in [2.75, 3.05) is 13.2 Å². The van der Waals surface area contributed by atoms with Gasteiger partial charge in [-0.25, -0.2) is 4.98 Å². The summed E-state index contributed by atoms with van der Waals surface area (Å²) < 4.78 is 10.9. The van der Waals surface area contributed by atoms with Gasteiger partial charge in [-0.15, -0.1) is 0 Å². The lowest BCUT2D eigenvalue weighted by Gasteiger charge is -2.18. The van der Waals surface area contributed by atoms with Crippen molar-refractivity contribution >= 4 is 22.6 Å². The summed E-state index contributed by atoms with van der Waals surface area (Å²) >= 11 is 5.76. The molecule has 1 aromatic carbocycles. The Kier molecular flexibility index (Phi) is 1.89. The first-order valence-electron chi connectivity index (χ1n) is 4.55. The summed E-state index contributed by atoms with van der Waals surface area (Å²) in [6.07, 6.45) is 1.51. The maximum Gasteiger partial charge on any atom is 0.163 e. The Morgan fingerprint density at radius 2 is 1.73 bits per heavy atom. The van der Waals surface area contributed by atoms with Crippen LogP contribution in [-0.4, -0.2) is 23.2 Å². The van der Waals surface area contributed by atoms with Crippen LogP contribution in [0.1, 0.15) is 0 Å². The quantitative estimate of drug-likeness (QED) is 0.684. The van der Waals surface area contributed by atoms with Crippen LogP contribution in [0.3, 0.4) is 0 Å². The molecule has 0 unspecified atom stereocenters. The van der Waals surface area contributed by atoms with E-state index in [9.17, 15) is 0 Å². The van der Waals surface area contributed by atoms with E-state index in [1.807, 2.05) is 6.07 Å². The molecule has 0 bridgehead atoms. The highest BCUT2D eigenvalue weighted by atomic mass is 35.5. The monoisotopic (exact) mass is 222 g/mol. The van der Waals surface area contributed by atoms with E-state index in [1.54, 1.807) is 6.07 Å². The summed E-state index contributed by atoms with van der Waals surface area (Å²) in [4.78, 5) is 8.31. The van der Waals surface area contributed by atoms with E-state index in [4.69, 9.17) is 21.1 Å². The first-order chi connectivity index (χ1) is 7.33. The third-order valence-electron chi connectivity index (χ3n) is 2.18. The molecular weight excluding hydrogens is 216 g/mol. The zero-order valence-electron chi connectivity index (χ0n) is 7.74. The van der Waals surface area contributed by atoms with Crippen molar-refractivity contribution in [2.24, 2.45) is 0 Å². The minimum absolute atomic E-state index is 0.374. The summed E-state index contributed by atoms with van der Waals surface area (Å²) in [5.74, 6) is 1.41. The Labute approximate surface area is 90.8 Å². The minimum Gasteiger partial charge on any atom is -0.486 e. The summed E-state index contributed by atoms with van der Waals surface area (Å²) in [5, 5.41) is 0.374. The van der Waals surface area contributed by atoms with Gasteiger partial charge >= 0.3 is 0 Å². The molecule has 1 aliphatic heterocycles. The van der Waals surface area contributed by atoms with Crippen molar-refractivity contribution in [3.8, 4) is 11.5 Å². The molecule has 0 aliphatic carbocycles. The molecule has 5 heteroatoms. The minimum atomic E-state index is 0.374. The van der Waals surface area contributed by atoms with E-state index in [0.29, 0.717) is 35.4 Å². The van der Waals surface area contributed by atoms with Gasteiger partial charge in [0.25, 0.3) is 0 Å². The lowest BCUT2D eigenvalue weighted by atomic mass is 10.2. The molecule has 0 saturated carbocycles. The Morgan fingerprint density at radius 1 is 1.07 bits per heavy atom. The normalized spacial score (nSPS) is 14.2. The molecule has 0 N–H and O–H groups in total. The Balaban J connectivity index is 2.26. The number of hydrogen-bond acceptors (Lipinski definition) is 4. The van der Waals surface area contributed by atoms with Crippen LogP contribution in [0.5, 0.6) is 11.5 Å². The van der Waals surface area contributed by atoms with Crippen LogP contribution in [-0.2, 0) is 0 Å². The molecule has 15 heavy (non-hydrogen) atoms. The summed E-state index contributed by atoms with van der Waals surface area (Å²) in [5.41, 5.74) is 1.47. The lowest BCUT2D eigenvalue weighted by Crippen LogP contribution is -2.15. The molecule has 0 fully saturated rings. The topological polar surface area (TPSA) is 44.2 Å². The maximum absolute atomic E-state index is 5.76. The molecule has 1 aromatic heterocycles. The zero-order chi connectivity index (χ0) is 10.3. The van der Waals surface area contributed by atoms with Gasteiger partial charge in [0.15, 0.2) is 11.5 Å². The van der Waals surface area contributed by atoms with Crippen LogP contribution in [0.2, 0.25) is 5.15 Å². The van der Waals surface area contributed by atoms with E-state index in [0.717, 1.165) is 5.52 Å². The average molecular weight is 223 g/mol. The average Bonchev–Trinajstić information content (AvgIpc) is 2.26. The van der Waals surface area contributed by atoms with Gasteiger partial charge in [-0.1, -0.05) is 11.6 Å². The molecule has 0 radical (unpaired) electrons. The van der Waals surface area contributed by atoms with Gasteiger partial charge in [-0.3, -0.25) is 4.98 Å². The molecule has 2 heterocycles. The van der Waals surface area contributed by atoms with Gasteiger partial charge in [0.1, 0.15) is 18.4 Å². The molecule has 0 spiro atoms. The molecule has 3 rings (SSSR count). The summed E-state index contributed by atoms with van der Waals surface area (Å²) in [6.45, 7) is 1.13. The van der Waals surface area contributed by atoms with E-state index in [2.05, 4.69) is 9.97 Å². The predicted octanol–water partition coefficient (Wildman–Crippen LogP) is 2.05.